The molecular formula is C19H19N3O2S. The second kappa shape index (κ2) is 7.13. The number of aromatic nitrogens is 2. The molecule has 0 aliphatic heterocycles. The lowest BCUT2D eigenvalue weighted by molar-refractivity contribution is 0.580. The summed E-state index contributed by atoms with van der Waals surface area (Å²) >= 11 is 0. The average Bonchev–Trinajstić information content (AvgIpc) is 2.61. The van der Waals surface area contributed by atoms with E-state index in [0.717, 1.165) is 27.9 Å². The molecule has 2 aromatic heterocycles. The molecule has 0 aliphatic carbocycles. The molecule has 2 heterocycles. The topological polar surface area (TPSA) is 72.0 Å². The quantitative estimate of drug-likeness (QED) is 0.764. The van der Waals surface area contributed by atoms with E-state index in [2.05, 4.69) is 14.7 Å². The third-order valence-corrected chi connectivity index (χ3v) is 5.46. The van der Waals surface area contributed by atoms with E-state index in [1.54, 1.807) is 43.7 Å². The number of hydrogen-bond donors (Lipinski definition) is 1. The Kier molecular flexibility index (Phi) is 4.92. The SMILES string of the molecule is Cc1ccc(S(=O)(=O)NCc2cccnc2-c2cccnc2)c(C)c1. The molecule has 3 aromatic rings. The monoisotopic (exact) mass is 353 g/mol. The Labute approximate surface area is 147 Å². The molecule has 0 aliphatic rings. The lowest BCUT2D eigenvalue weighted by Gasteiger charge is -2.12. The highest BCUT2D eigenvalue weighted by Gasteiger charge is 2.17. The number of aryl methyl sites for hydroxylation is 2. The molecule has 5 nitrogen and oxygen atoms in total. The zero-order chi connectivity index (χ0) is 17.9. The second-order valence-electron chi connectivity index (χ2n) is 5.85. The Morgan fingerprint density at radius 1 is 1.04 bits per heavy atom. The van der Waals surface area contributed by atoms with E-state index in [9.17, 15) is 8.42 Å². The van der Waals surface area contributed by atoms with Crippen molar-refractivity contribution in [2.24, 2.45) is 0 Å². The standard InChI is InChI=1S/C19H19N3O2S/c1-14-7-8-18(15(2)11-14)25(23,24)22-13-17-6-4-10-21-19(17)16-5-3-9-20-12-16/h3-12,22H,13H2,1-2H3. The highest BCUT2D eigenvalue weighted by atomic mass is 32.2. The summed E-state index contributed by atoms with van der Waals surface area (Å²) in [6.07, 6.45) is 5.09. The molecule has 3 rings (SSSR count). The van der Waals surface area contributed by atoms with Gasteiger partial charge in [0.05, 0.1) is 10.6 Å². The van der Waals surface area contributed by atoms with Crippen LogP contribution in [0.15, 0.2) is 66.0 Å². The van der Waals surface area contributed by atoms with E-state index in [1.807, 2.05) is 31.2 Å². The lowest BCUT2D eigenvalue weighted by Crippen LogP contribution is -2.24. The van der Waals surface area contributed by atoms with Crippen molar-refractivity contribution >= 4 is 10.0 Å². The molecule has 0 fully saturated rings. The van der Waals surface area contributed by atoms with Crippen molar-refractivity contribution in [1.29, 1.82) is 0 Å². The van der Waals surface area contributed by atoms with Crippen molar-refractivity contribution < 1.29 is 8.42 Å². The number of sulfonamides is 1. The van der Waals surface area contributed by atoms with Gasteiger partial charge in [-0.25, -0.2) is 13.1 Å². The van der Waals surface area contributed by atoms with Crippen LogP contribution in [0, 0.1) is 13.8 Å². The minimum atomic E-state index is -3.60. The molecule has 0 bridgehead atoms. The minimum Gasteiger partial charge on any atom is -0.264 e. The summed E-state index contributed by atoms with van der Waals surface area (Å²) in [4.78, 5) is 8.77. The second-order valence-corrected chi connectivity index (χ2v) is 7.58. The fourth-order valence-corrected chi connectivity index (χ4v) is 3.93. The molecule has 0 radical (unpaired) electrons. The predicted molar refractivity (Wildman–Crippen MR) is 97.4 cm³/mol. The zero-order valence-electron chi connectivity index (χ0n) is 14.1. The summed E-state index contributed by atoms with van der Waals surface area (Å²) in [5, 5.41) is 0. The molecule has 25 heavy (non-hydrogen) atoms. The normalized spacial score (nSPS) is 11.4. The third-order valence-electron chi connectivity index (χ3n) is 3.90. The molecule has 0 saturated heterocycles. The Morgan fingerprint density at radius 2 is 1.84 bits per heavy atom. The molecule has 6 heteroatoms. The molecule has 1 aromatic carbocycles. The van der Waals surface area contributed by atoms with Gasteiger partial charge in [-0.2, -0.15) is 0 Å². The number of hydrogen-bond acceptors (Lipinski definition) is 4. The molecule has 0 atom stereocenters. The zero-order valence-corrected chi connectivity index (χ0v) is 14.9. The van der Waals surface area contributed by atoms with E-state index in [-0.39, 0.29) is 6.54 Å². The van der Waals surface area contributed by atoms with Crippen molar-refractivity contribution in [3.63, 3.8) is 0 Å². The first-order valence-corrected chi connectivity index (χ1v) is 9.37. The van der Waals surface area contributed by atoms with Crippen LogP contribution in [0.2, 0.25) is 0 Å². The van der Waals surface area contributed by atoms with E-state index in [0.29, 0.717) is 4.90 Å². The van der Waals surface area contributed by atoms with Crippen molar-refractivity contribution in [1.82, 2.24) is 14.7 Å². The fraction of sp³-hybridized carbons (Fsp3) is 0.158. The van der Waals surface area contributed by atoms with Crippen LogP contribution in [-0.2, 0) is 16.6 Å². The maximum atomic E-state index is 12.6. The highest BCUT2D eigenvalue weighted by molar-refractivity contribution is 7.89. The molecule has 0 unspecified atom stereocenters. The Morgan fingerprint density at radius 3 is 2.56 bits per heavy atom. The Hall–Kier alpha value is -2.57. The molecule has 0 spiro atoms. The molecule has 0 saturated carbocycles. The van der Waals surface area contributed by atoms with Crippen LogP contribution in [0.5, 0.6) is 0 Å². The molecular weight excluding hydrogens is 334 g/mol. The van der Waals surface area contributed by atoms with Crippen LogP contribution >= 0.6 is 0 Å². The number of pyridine rings is 2. The number of benzene rings is 1. The molecule has 128 valence electrons. The van der Waals surface area contributed by atoms with Gasteiger partial charge in [0.25, 0.3) is 0 Å². The van der Waals surface area contributed by atoms with E-state index >= 15 is 0 Å². The van der Waals surface area contributed by atoms with Gasteiger partial charge < -0.3 is 0 Å². The summed E-state index contributed by atoms with van der Waals surface area (Å²) in [5.74, 6) is 0. The first-order chi connectivity index (χ1) is 12.0. The lowest BCUT2D eigenvalue weighted by atomic mass is 10.1. The Balaban J connectivity index is 1.87. The number of nitrogens with one attached hydrogen (secondary N) is 1. The summed E-state index contributed by atoms with van der Waals surface area (Å²) in [6.45, 7) is 3.90. The maximum absolute atomic E-state index is 12.6. The number of nitrogens with zero attached hydrogens (tertiary/aromatic N) is 2. The minimum absolute atomic E-state index is 0.160. The van der Waals surface area contributed by atoms with Crippen molar-refractivity contribution in [2.75, 3.05) is 0 Å². The van der Waals surface area contributed by atoms with Crippen molar-refractivity contribution in [2.45, 2.75) is 25.3 Å². The number of rotatable bonds is 5. The largest absolute Gasteiger partial charge is 0.264 e. The maximum Gasteiger partial charge on any atom is 0.241 e. The summed E-state index contributed by atoms with van der Waals surface area (Å²) in [7, 11) is -3.60. The van der Waals surface area contributed by atoms with Crippen molar-refractivity contribution in [3.8, 4) is 11.3 Å². The van der Waals surface area contributed by atoms with Gasteiger partial charge in [-0.3, -0.25) is 9.97 Å². The molecule has 0 amide bonds. The first kappa shape index (κ1) is 17.3. The third kappa shape index (κ3) is 3.92. The van der Waals surface area contributed by atoms with Gasteiger partial charge in [0.1, 0.15) is 0 Å². The van der Waals surface area contributed by atoms with Gasteiger partial charge in [-0.05, 0) is 49.2 Å². The van der Waals surface area contributed by atoms with Gasteiger partial charge in [-0.15, -0.1) is 0 Å². The van der Waals surface area contributed by atoms with E-state index < -0.39 is 10.0 Å². The van der Waals surface area contributed by atoms with Crippen LogP contribution in [0.3, 0.4) is 0 Å². The summed E-state index contributed by atoms with van der Waals surface area (Å²) < 4.78 is 28.0. The van der Waals surface area contributed by atoms with Crippen LogP contribution in [-0.4, -0.2) is 18.4 Å². The van der Waals surface area contributed by atoms with Crippen LogP contribution in [0.25, 0.3) is 11.3 Å². The first-order valence-electron chi connectivity index (χ1n) is 7.88. The fourth-order valence-electron chi connectivity index (χ4n) is 2.70. The van der Waals surface area contributed by atoms with Gasteiger partial charge in [0.15, 0.2) is 0 Å². The van der Waals surface area contributed by atoms with Crippen LogP contribution < -0.4 is 4.72 Å². The van der Waals surface area contributed by atoms with Crippen LogP contribution in [0.1, 0.15) is 16.7 Å². The van der Waals surface area contributed by atoms with Gasteiger partial charge >= 0.3 is 0 Å². The van der Waals surface area contributed by atoms with Crippen LogP contribution in [0.4, 0.5) is 0 Å². The summed E-state index contributed by atoms with van der Waals surface area (Å²) in [5.41, 5.74) is 4.13. The average molecular weight is 353 g/mol. The van der Waals surface area contributed by atoms with E-state index in [1.165, 1.54) is 0 Å². The smallest absolute Gasteiger partial charge is 0.241 e. The van der Waals surface area contributed by atoms with Gasteiger partial charge in [0, 0.05) is 30.7 Å². The van der Waals surface area contributed by atoms with Gasteiger partial charge in [0.2, 0.25) is 10.0 Å². The van der Waals surface area contributed by atoms with E-state index in [4.69, 9.17) is 0 Å². The molecule has 1 N–H and O–H groups in total. The highest BCUT2D eigenvalue weighted by Crippen LogP contribution is 2.21. The van der Waals surface area contributed by atoms with Crippen molar-refractivity contribution in [3.05, 3.63) is 77.7 Å². The summed E-state index contributed by atoms with van der Waals surface area (Å²) in [6, 6.07) is 12.7. The predicted octanol–water partition coefficient (Wildman–Crippen LogP) is 3.24. The Bertz CT molecular complexity index is 987. The van der Waals surface area contributed by atoms with Gasteiger partial charge in [-0.1, -0.05) is 23.8 Å².